The topological polar surface area (TPSA) is 79.3 Å². The zero-order chi connectivity index (χ0) is 20.5. The first-order valence-electron chi connectivity index (χ1n) is 9.40. The van der Waals surface area contributed by atoms with Crippen molar-refractivity contribution >= 4 is 23.1 Å². The summed E-state index contributed by atoms with van der Waals surface area (Å²) in [5.41, 5.74) is 9.92. The van der Waals surface area contributed by atoms with Crippen molar-refractivity contribution in [2.75, 3.05) is 12.0 Å². The summed E-state index contributed by atoms with van der Waals surface area (Å²) in [4.78, 5) is 14.9. The van der Waals surface area contributed by atoms with Gasteiger partial charge in [-0.15, -0.1) is 0 Å². The van der Waals surface area contributed by atoms with Crippen LogP contribution in [0.25, 0.3) is 0 Å². The van der Waals surface area contributed by atoms with Crippen molar-refractivity contribution in [1.82, 2.24) is 0 Å². The molecule has 4 rings (SSSR count). The van der Waals surface area contributed by atoms with Crippen LogP contribution in [0.5, 0.6) is 5.75 Å². The number of carbonyl (C=O) groups is 1. The molecular formula is C23H20ClN3O2. The van der Waals surface area contributed by atoms with Crippen LogP contribution in [0.15, 0.2) is 71.2 Å². The van der Waals surface area contributed by atoms with Crippen molar-refractivity contribution in [3.05, 3.63) is 81.8 Å². The predicted molar refractivity (Wildman–Crippen MR) is 112 cm³/mol. The molecule has 0 bridgehead atoms. The Morgan fingerprint density at radius 1 is 1.21 bits per heavy atom. The number of ketones is 1. The van der Waals surface area contributed by atoms with E-state index in [1.54, 1.807) is 19.2 Å². The van der Waals surface area contributed by atoms with E-state index in [-0.39, 0.29) is 5.78 Å². The number of carbonyl (C=O) groups excluding carboxylic acids is 1. The fourth-order valence-electron chi connectivity index (χ4n) is 4.15. The lowest BCUT2D eigenvalue weighted by molar-refractivity contribution is -0.116. The molecule has 2 aromatic rings. The third-order valence-corrected chi connectivity index (χ3v) is 5.64. The molecule has 2 aromatic carbocycles. The molecular weight excluding hydrogens is 386 g/mol. The number of methoxy groups -OCH3 is 1. The fraction of sp³-hybridized carbons (Fsp3) is 0.217. The van der Waals surface area contributed by atoms with Gasteiger partial charge in [0.15, 0.2) is 5.78 Å². The zero-order valence-electron chi connectivity index (χ0n) is 16.0. The molecule has 0 amide bonds. The van der Waals surface area contributed by atoms with Gasteiger partial charge in [-0.25, -0.2) is 0 Å². The summed E-state index contributed by atoms with van der Waals surface area (Å²) < 4.78 is 5.35. The van der Waals surface area contributed by atoms with E-state index in [1.807, 2.05) is 41.3 Å². The number of halogens is 1. The minimum atomic E-state index is -0.506. The van der Waals surface area contributed by atoms with Crippen LogP contribution < -0.4 is 15.4 Å². The van der Waals surface area contributed by atoms with Gasteiger partial charge in [0.25, 0.3) is 0 Å². The Balaban J connectivity index is 1.97. The Bertz CT molecular complexity index is 1100. The van der Waals surface area contributed by atoms with Crippen LogP contribution in [0.2, 0.25) is 5.02 Å². The summed E-state index contributed by atoms with van der Waals surface area (Å²) in [7, 11) is 1.59. The lowest BCUT2D eigenvalue weighted by atomic mass is 9.75. The first kappa shape index (κ1) is 19.1. The van der Waals surface area contributed by atoms with Gasteiger partial charge in [-0.3, -0.25) is 9.69 Å². The van der Waals surface area contributed by atoms with Gasteiger partial charge in [-0.2, -0.15) is 5.26 Å². The van der Waals surface area contributed by atoms with Crippen LogP contribution >= 0.6 is 11.6 Å². The van der Waals surface area contributed by atoms with E-state index in [0.717, 1.165) is 23.4 Å². The monoisotopic (exact) mass is 405 g/mol. The van der Waals surface area contributed by atoms with Crippen molar-refractivity contribution in [2.24, 2.45) is 5.73 Å². The molecule has 2 aliphatic rings. The maximum atomic E-state index is 13.1. The van der Waals surface area contributed by atoms with Crippen molar-refractivity contribution < 1.29 is 9.53 Å². The quantitative estimate of drug-likeness (QED) is 0.803. The van der Waals surface area contributed by atoms with Gasteiger partial charge in [0.05, 0.1) is 24.7 Å². The van der Waals surface area contributed by atoms with Crippen molar-refractivity contribution in [2.45, 2.75) is 25.2 Å². The van der Waals surface area contributed by atoms with Crippen LogP contribution in [0.1, 0.15) is 30.7 Å². The smallest absolute Gasteiger partial charge is 0.161 e. The van der Waals surface area contributed by atoms with E-state index >= 15 is 0 Å². The standard InChI is InChI=1S/C23H20ClN3O2/c1-29-17-8-2-5-14(11-17)21-18(13-25)23(26)27(16-7-3-6-15(24)12-16)19-9-4-10-20(28)22(19)21/h2-3,5-8,11-12,21H,4,9-10,26H2,1H3/t21-/m1/s1. The van der Waals surface area contributed by atoms with Crippen LogP contribution in [-0.4, -0.2) is 12.9 Å². The number of nitrogens with two attached hydrogens (primary N) is 1. The lowest BCUT2D eigenvalue weighted by Crippen LogP contribution is -2.38. The summed E-state index contributed by atoms with van der Waals surface area (Å²) in [5, 5.41) is 10.6. The summed E-state index contributed by atoms with van der Waals surface area (Å²) in [6.07, 6.45) is 1.91. The average Bonchev–Trinajstić information content (AvgIpc) is 2.73. The minimum absolute atomic E-state index is 0.0475. The molecule has 1 heterocycles. The molecule has 146 valence electrons. The van der Waals surface area contributed by atoms with E-state index in [9.17, 15) is 10.1 Å². The molecule has 29 heavy (non-hydrogen) atoms. The van der Waals surface area contributed by atoms with E-state index < -0.39 is 5.92 Å². The summed E-state index contributed by atoms with van der Waals surface area (Å²) >= 11 is 6.20. The van der Waals surface area contributed by atoms with E-state index in [1.165, 1.54) is 0 Å². The average molecular weight is 406 g/mol. The van der Waals surface area contributed by atoms with Crippen molar-refractivity contribution in [3.8, 4) is 11.8 Å². The highest BCUT2D eigenvalue weighted by molar-refractivity contribution is 6.30. The van der Waals surface area contributed by atoms with Gasteiger partial charge in [0.1, 0.15) is 11.6 Å². The number of hydrogen-bond acceptors (Lipinski definition) is 5. The maximum absolute atomic E-state index is 13.1. The van der Waals surface area contributed by atoms with E-state index in [2.05, 4.69) is 6.07 Å². The van der Waals surface area contributed by atoms with Gasteiger partial charge in [0.2, 0.25) is 0 Å². The SMILES string of the molecule is COc1cccc([C@@H]2C(C#N)=C(N)N(c3cccc(Cl)c3)C3=C2C(=O)CCC3)c1. The van der Waals surface area contributed by atoms with Crippen LogP contribution in [0.3, 0.4) is 0 Å². The number of benzene rings is 2. The molecule has 2 N–H and O–H groups in total. The molecule has 1 aliphatic carbocycles. The number of rotatable bonds is 3. The Hall–Kier alpha value is -3.23. The van der Waals surface area contributed by atoms with Crippen LogP contribution in [0, 0.1) is 11.3 Å². The number of Topliss-reactive ketones (excluding diaryl/α,β-unsaturated/α-hetero) is 1. The lowest BCUT2D eigenvalue weighted by Gasteiger charge is -2.39. The normalized spacial score (nSPS) is 19.1. The first-order chi connectivity index (χ1) is 14.0. The molecule has 0 saturated heterocycles. The molecule has 6 heteroatoms. The van der Waals surface area contributed by atoms with Gasteiger partial charge in [-0.1, -0.05) is 29.8 Å². The molecule has 0 aromatic heterocycles. The van der Waals surface area contributed by atoms with Gasteiger partial charge in [0, 0.05) is 28.4 Å². The second kappa shape index (κ2) is 7.65. The zero-order valence-corrected chi connectivity index (χ0v) is 16.7. The molecule has 0 spiro atoms. The summed E-state index contributed by atoms with van der Waals surface area (Å²) in [5.74, 6) is 0.539. The number of allylic oxidation sites excluding steroid dienone is 3. The first-order valence-corrected chi connectivity index (χ1v) is 9.78. The highest BCUT2D eigenvalue weighted by Crippen LogP contribution is 2.46. The molecule has 1 aliphatic heterocycles. The van der Waals surface area contributed by atoms with Crippen LogP contribution in [-0.2, 0) is 4.79 Å². The number of nitriles is 1. The van der Waals surface area contributed by atoms with Crippen molar-refractivity contribution in [1.29, 1.82) is 5.26 Å². The highest BCUT2D eigenvalue weighted by atomic mass is 35.5. The number of nitrogens with zero attached hydrogens (tertiary/aromatic N) is 2. The number of ether oxygens (including phenoxy) is 1. The second-order valence-electron chi connectivity index (χ2n) is 7.07. The Labute approximate surface area is 174 Å². The number of hydrogen-bond donors (Lipinski definition) is 1. The van der Waals surface area contributed by atoms with Gasteiger partial charge < -0.3 is 10.5 Å². The van der Waals surface area contributed by atoms with Crippen LogP contribution in [0.4, 0.5) is 5.69 Å². The number of anilines is 1. The molecule has 0 saturated carbocycles. The maximum Gasteiger partial charge on any atom is 0.161 e. The van der Waals surface area contributed by atoms with E-state index in [4.69, 9.17) is 22.1 Å². The molecule has 0 fully saturated rings. The third kappa shape index (κ3) is 3.26. The molecule has 0 radical (unpaired) electrons. The van der Waals surface area contributed by atoms with Gasteiger partial charge in [-0.05, 0) is 48.7 Å². The second-order valence-corrected chi connectivity index (χ2v) is 7.51. The fourth-order valence-corrected chi connectivity index (χ4v) is 4.34. The summed E-state index contributed by atoms with van der Waals surface area (Å²) in [6.45, 7) is 0. The predicted octanol–water partition coefficient (Wildman–Crippen LogP) is 4.65. The largest absolute Gasteiger partial charge is 0.497 e. The Morgan fingerprint density at radius 3 is 2.72 bits per heavy atom. The van der Waals surface area contributed by atoms with Crippen molar-refractivity contribution in [3.63, 3.8) is 0 Å². The minimum Gasteiger partial charge on any atom is -0.497 e. The third-order valence-electron chi connectivity index (χ3n) is 5.41. The Morgan fingerprint density at radius 2 is 2.00 bits per heavy atom. The molecule has 5 nitrogen and oxygen atoms in total. The Kier molecular flexibility index (Phi) is 5.04. The highest BCUT2D eigenvalue weighted by Gasteiger charge is 2.40. The summed E-state index contributed by atoms with van der Waals surface area (Å²) in [6, 6.07) is 17.0. The van der Waals surface area contributed by atoms with E-state index in [0.29, 0.717) is 40.6 Å². The molecule has 0 unspecified atom stereocenters. The molecule has 1 atom stereocenters. The van der Waals surface area contributed by atoms with Gasteiger partial charge >= 0.3 is 0 Å².